The zero-order chi connectivity index (χ0) is 25.0. The van der Waals surface area contributed by atoms with Crippen molar-refractivity contribution >= 4 is 17.2 Å². The molecule has 0 unspecified atom stereocenters. The van der Waals surface area contributed by atoms with Crippen LogP contribution in [0.25, 0.3) is 10.4 Å². The third-order valence-electron chi connectivity index (χ3n) is 6.01. The summed E-state index contributed by atoms with van der Waals surface area (Å²) in [5.74, 6) is 7.87. The number of nitrogens with one attached hydrogen (secondary N) is 1. The van der Waals surface area contributed by atoms with Gasteiger partial charge >= 0.3 is 0 Å². The van der Waals surface area contributed by atoms with Crippen LogP contribution in [-0.4, -0.2) is 52.8 Å². The third-order valence-corrected chi connectivity index (χ3v) is 7.22. The highest BCUT2D eigenvalue weighted by atomic mass is 32.1. The second-order valence-corrected chi connectivity index (χ2v) is 10.8. The minimum atomic E-state index is -1.03. The smallest absolute Gasteiger partial charge is 0.168 e. The summed E-state index contributed by atoms with van der Waals surface area (Å²) in [6.45, 7) is 8.03. The van der Waals surface area contributed by atoms with Gasteiger partial charge < -0.3 is 20.1 Å². The first-order valence-electron chi connectivity index (χ1n) is 12.0. The normalized spacial score (nSPS) is 14.9. The number of anilines is 1. The van der Waals surface area contributed by atoms with Crippen molar-refractivity contribution in [2.75, 3.05) is 32.5 Å². The van der Waals surface area contributed by atoms with E-state index >= 15 is 0 Å². The van der Waals surface area contributed by atoms with E-state index in [9.17, 15) is 5.11 Å². The van der Waals surface area contributed by atoms with E-state index in [-0.39, 0.29) is 0 Å². The van der Waals surface area contributed by atoms with Crippen molar-refractivity contribution in [1.29, 1.82) is 0 Å². The van der Waals surface area contributed by atoms with E-state index in [1.54, 1.807) is 25.2 Å². The number of ether oxygens (including phenoxy) is 1. The molecule has 2 aromatic heterocycles. The van der Waals surface area contributed by atoms with Crippen LogP contribution < -0.4 is 10.1 Å². The van der Waals surface area contributed by atoms with E-state index in [1.807, 2.05) is 44.6 Å². The number of aryl methyl sites for hydroxylation is 1. The van der Waals surface area contributed by atoms with Crippen molar-refractivity contribution in [3.05, 3.63) is 58.4 Å². The quantitative estimate of drug-likeness (QED) is 0.471. The number of aromatic nitrogens is 2. The van der Waals surface area contributed by atoms with Crippen LogP contribution in [0, 0.1) is 18.8 Å². The minimum Gasteiger partial charge on any atom is -0.485 e. The Labute approximate surface area is 212 Å². The van der Waals surface area contributed by atoms with Crippen LogP contribution >= 0.6 is 11.3 Å². The van der Waals surface area contributed by atoms with E-state index in [4.69, 9.17) is 9.72 Å². The first-order chi connectivity index (χ1) is 16.7. The Morgan fingerprint density at radius 2 is 1.94 bits per heavy atom. The highest BCUT2D eigenvalue weighted by Gasteiger charge is 2.21. The molecule has 0 spiro atoms. The van der Waals surface area contributed by atoms with Crippen molar-refractivity contribution in [1.82, 2.24) is 14.9 Å². The number of thiazole rings is 1. The van der Waals surface area contributed by atoms with Crippen LogP contribution in [0.2, 0.25) is 0 Å². The molecular formula is C28H34N4O2S. The maximum Gasteiger partial charge on any atom is 0.168 e. The molecule has 1 aliphatic heterocycles. The number of hydrogen-bond acceptors (Lipinski definition) is 7. The zero-order valence-electron chi connectivity index (χ0n) is 21.2. The summed E-state index contributed by atoms with van der Waals surface area (Å²) in [7, 11) is 4.03. The van der Waals surface area contributed by atoms with Crippen molar-refractivity contribution in [3.8, 4) is 28.0 Å². The fourth-order valence-electron chi connectivity index (χ4n) is 4.15. The Balaban J connectivity index is 1.51. The molecule has 2 N–H and O–H groups in total. The van der Waals surface area contributed by atoms with Crippen LogP contribution in [0.3, 0.4) is 0 Å². The average molecular weight is 491 g/mol. The molecule has 1 fully saturated rings. The molecule has 0 amide bonds. The summed E-state index contributed by atoms with van der Waals surface area (Å²) in [6, 6.07) is 8.13. The summed E-state index contributed by atoms with van der Waals surface area (Å²) < 4.78 is 6.22. The van der Waals surface area contributed by atoms with Gasteiger partial charge in [0.15, 0.2) is 11.6 Å². The maximum atomic E-state index is 9.92. The number of hydrogen-bond donors (Lipinski definition) is 2. The fraction of sp³-hybridized carbons (Fsp3) is 0.429. The molecule has 0 saturated carbocycles. The zero-order valence-corrected chi connectivity index (χ0v) is 22.0. The van der Waals surface area contributed by atoms with Crippen molar-refractivity contribution in [2.45, 2.75) is 51.7 Å². The molecule has 3 aromatic rings. The van der Waals surface area contributed by atoms with Gasteiger partial charge in [-0.2, -0.15) is 0 Å². The second-order valence-electron chi connectivity index (χ2n) is 9.77. The summed E-state index contributed by atoms with van der Waals surface area (Å²) >= 11 is 1.76. The van der Waals surface area contributed by atoms with Crippen molar-refractivity contribution in [2.24, 2.45) is 0 Å². The van der Waals surface area contributed by atoms with E-state index < -0.39 is 5.60 Å². The second kappa shape index (κ2) is 10.8. The number of aliphatic hydroxyl groups is 1. The standard InChI is InChI=1S/C28H34N4O2S/c1-19-12-20(6-9-28(2,3)33)14-21(13-19)18-34-24-15-23(16-30-26(24)29-4)25-17-31-27(35-25)22-7-10-32(5)11-8-22/h12-17,22,33H,7-8,10-11,18H2,1-5H3,(H,29,30). The Morgan fingerprint density at radius 1 is 1.17 bits per heavy atom. The van der Waals surface area contributed by atoms with Gasteiger partial charge in [-0.25, -0.2) is 9.97 Å². The summed E-state index contributed by atoms with van der Waals surface area (Å²) in [6.07, 6.45) is 6.16. The lowest BCUT2D eigenvalue weighted by Crippen LogP contribution is -2.29. The van der Waals surface area contributed by atoms with Crippen LogP contribution in [0.1, 0.15) is 54.3 Å². The topological polar surface area (TPSA) is 70.5 Å². The van der Waals surface area contributed by atoms with Crippen molar-refractivity contribution < 1.29 is 9.84 Å². The Morgan fingerprint density at radius 3 is 2.66 bits per heavy atom. The van der Waals surface area contributed by atoms with Gasteiger partial charge in [-0.1, -0.05) is 17.9 Å². The van der Waals surface area contributed by atoms with E-state index in [2.05, 4.69) is 40.2 Å². The molecule has 1 aromatic carbocycles. The lowest BCUT2D eigenvalue weighted by molar-refractivity contribution is 0.143. The highest BCUT2D eigenvalue weighted by Crippen LogP contribution is 2.36. The van der Waals surface area contributed by atoms with Gasteiger partial charge in [-0.15, -0.1) is 11.3 Å². The molecule has 0 aliphatic carbocycles. The Bertz CT molecular complexity index is 1230. The fourth-order valence-corrected chi connectivity index (χ4v) is 5.21. The molecule has 4 rings (SSSR count). The SMILES string of the molecule is CNc1ncc(-c2cnc(C3CCN(C)CC3)s2)cc1OCc1cc(C)cc(C#CC(C)(C)O)c1. The Kier molecular flexibility index (Phi) is 7.75. The number of pyridine rings is 1. The average Bonchev–Trinajstić information content (AvgIpc) is 3.31. The molecule has 0 atom stereocenters. The van der Waals surface area contributed by atoms with E-state index in [1.165, 1.54) is 5.01 Å². The van der Waals surface area contributed by atoms with Gasteiger partial charge in [0.2, 0.25) is 0 Å². The minimum absolute atomic E-state index is 0.391. The molecule has 0 radical (unpaired) electrons. The third kappa shape index (κ3) is 6.82. The molecule has 3 heterocycles. The van der Waals surface area contributed by atoms with Gasteiger partial charge in [0, 0.05) is 36.5 Å². The molecule has 6 nitrogen and oxygen atoms in total. The van der Waals surface area contributed by atoms with Gasteiger partial charge in [-0.05, 0) is 83.1 Å². The van der Waals surface area contributed by atoms with Crippen molar-refractivity contribution in [3.63, 3.8) is 0 Å². The lowest BCUT2D eigenvalue weighted by atomic mass is 9.98. The lowest BCUT2D eigenvalue weighted by Gasteiger charge is -2.27. The largest absolute Gasteiger partial charge is 0.485 e. The first-order valence-corrected chi connectivity index (χ1v) is 12.8. The number of nitrogens with zero attached hydrogens (tertiary/aromatic N) is 3. The van der Waals surface area contributed by atoms with Crippen LogP contribution in [0.15, 0.2) is 36.7 Å². The van der Waals surface area contributed by atoms with Crippen LogP contribution in [0.5, 0.6) is 5.75 Å². The van der Waals surface area contributed by atoms with Crippen LogP contribution in [-0.2, 0) is 6.61 Å². The number of benzene rings is 1. The molecule has 184 valence electrons. The Hall–Kier alpha value is -2.92. The van der Waals surface area contributed by atoms with E-state index in [0.717, 1.165) is 53.1 Å². The molecule has 1 aliphatic rings. The maximum absolute atomic E-state index is 9.92. The molecule has 35 heavy (non-hydrogen) atoms. The summed E-state index contributed by atoms with van der Waals surface area (Å²) in [5.41, 5.74) is 2.95. The number of rotatable bonds is 6. The van der Waals surface area contributed by atoms with Crippen LogP contribution in [0.4, 0.5) is 5.82 Å². The molecule has 7 heteroatoms. The summed E-state index contributed by atoms with van der Waals surface area (Å²) in [5, 5.41) is 14.3. The number of piperidine rings is 1. The monoisotopic (exact) mass is 490 g/mol. The van der Waals surface area contributed by atoms with Gasteiger partial charge in [0.1, 0.15) is 12.2 Å². The molecule has 1 saturated heterocycles. The predicted molar refractivity (Wildman–Crippen MR) is 143 cm³/mol. The highest BCUT2D eigenvalue weighted by molar-refractivity contribution is 7.15. The van der Waals surface area contributed by atoms with Gasteiger partial charge in [-0.3, -0.25) is 0 Å². The molecular weight excluding hydrogens is 456 g/mol. The van der Waals surface area contributed by atoms with E-state index in [0.29, 0.717) is 24.1 Å². The number of likely N-dealkylation sites (tertiary alicyclic amines) is 1. The first kappa shape index (κ1) is 25.2. The van der Waals surface area contributed by atoms with Gasteiger partial charge in [0.05, 0.1) is 9.88 Å². The molecule has 0 bridgehead atoms. The summed E-state index contributed by atoms with van der Waals surface area (Å²) in [4.78, 5) is 12.8. The predicted octanol–water partition coefficient (Wildman–Crippen LogP) is 5.07. The van der Waals surface area contributed by atoms with Gasteiger partial charge in [0.25, 0.3) is 0 Å².